The van der Waals surface area contributed by atoms with E-state index in [0.29, 0.717) is 0 Å². The predicted molar refractivity (Wildman–Crippen MR) is 113 cm³/mol. The van der Waals surface area contributed by atoms with E-state index in [-0.39, 0.29) is 39.2 Å². The second-order valence-electron chi connectivity index (χ2n) is 7.38. The van der Waals surface area contributed by atoms with Crippen molar-refractivity contribution in [1.82, 2.24) is 0 Å². The van der Waals surface area contributed by atoms with Crippen molar-refractivity contribution < 1.29 is 32.2 Å². The Morgan fingerprint density at radius 1 is 1.10 bits per heavy atom. The minimum absolute atomic E-state index is 0.0387. The van der Waals surface area contributed by atoms with E-state index in [1.807, 2.05) is 0 Å². The Hall–Kier alpha value is -2.84. The molecule has 2 aromatic carbocycles. The van der Waals surface area contributed by atoms with Crippen LogP contribution in [-0.2, 0) is 14.6 Å². The molecular formula is C22H19ClO7S. The highest BCUT2D eigenvalue weighted by Gasteiger charge is 2.57. The maximum absolute atomic E-state index is 13.6. The first-order chi connectivity index (χ1) is 14.7. The zero-order chi connectivity index (χ0) is 22.6. The Kier molecular flexibility index (Phi) is 5.10. The molecule has 1 aliphatic heterocycles. The third-order valence-corrected chi connectivity index (χ3v) is 7.81. The van der Waals surface area contributed by atoms with Crippen LogP contribution >= 0.6 is 11.6 Å². The quantitative estimate of drug-likeness (QED) is 0.684. The number of hydrogen-bond acceptors (Lipinski definition) is 7. The van der Waals surface area contributed by atoms with E-state index < -0.39 is 37.8 Å². The van der Waals surface area contributed by atoms with Gasteiger partial charge in [-0.1, -0.05) is 36.7 Å². The fraction of sp³-hybridized carbons (Fsp3) is 0.273. The summed E-state index contributed by atoms with van der Waals surface area (Å²) in [7, 11) is -1.36. The van der Waals surface area contributed by atoms with E-state index in [1.165, 1.54) is 32.4 Å². The maximum atomic E-state index is 13.6. The molecule has 2 aromatic rings. The van der Waals surface area contributed by atoms with Crippen LogP contribution in [0.1, 0.15) is 23.7 Å². The Labute approximate surface area is 184 Å². The van der Waals surface area contributed by atoms with Crippen LogP contribution in [0.4, 0.5) is 0 Å². The molecule has 0 N–H and O–H groups in total. The van der Waals surface area contributed by atoms with Gasteiger partial charge in [0, 0.05) is 18.4 Å². The first-order valence-corrected chi connectivity index (χ1v) is 11.3. The van der Waals surface area contributed by atoms with E-state index in [2.05, 4.69) is 0 Å². The lowest BCUT2D eigenvalue weighted by atomic mass is 9.77. The van der Waals surface area contributed by atoms with Gasteiger partial charge in [0.2, 0.25) is 15.6 Å². The van der Waals surface area contributed by atoms with Gasteiger partial charge in [0.1, 0.15) is 27.0 Å². The van der Waals surface area contributed by atoms with Gasteiger partial charge in [-0.25, -0.2) is 8.42 Å². The summed E-state index contributed by atoms with van der Waals surface area (Å²) in [4.78, 5) is 25.8. The third kappa shape index (κ3) is 3.04. The number of benzene rings is 2. The number of ketones is 2. The normalized spacial score (nSPS) is 22.7. The number of Topliss-reactive ketones (excluding diaryl/α,β-unsaturated/α-hetero) is 2. The molecule has 9 heteroatoms. The highest BCUT2D eigenvalue weighted by atomic mass is 35.5. The van der Waals surface area contributed by atoms with Gasteiger partial charge in [0.15, 0.2) is 17.1 Å². The van der Waals surface area contributed by atoms with E-state index in [1.54, 1.807) is 25.1 Å². The minimum atomic E-state index is -4.16. The molecule has 31 heavy (non-hydrogen) atoms. The molecule has 0 aromatic heterocycles. The lowest BCUT2D eigenvalue weighted by molar-refractivity contribution is -0.117. The molecule has 0 radical (unpaired) electrons. The number of carbonyl (C=O) groups is 2. The fourth-order valence-electron chi connectivity index (χ4n) is 3.94. The maximum Gasteiger partial charge on any atom is 0.218 e. The van der Waals surface area contributed by atoms with Crippen LogP contribution in [0.5, 0.6) is 17.2 Å². The first-order valence-electron chi connectivity index (χ1n) is 9.42. The molecule has 1 spiro atoms. The summed E-state index contributed by atoms with van der Waals surface area (Å²) in [5, 5.41) is 0.0634. The van der Waals surface area contributed by atoms with Gasteiger partial charge in [-0.15, -0.1) is 0 Å². The molecule has 162 valence electrons. The molecule has 1 heterocycles. The monoisotopic (exact) mass is 462 g/mol. The highest BCUT2D eigenvalue weighted by molar-refractivity contribution is 7.96. The number of rotatable bonds is 4. The number of sulfone groups is 1. The van der Waals surface area contributed by atoms with E-state index in [4.69, 9.17) is 25.8 Å². The smallest absolute Gasteiger partial charge is 0.218 e. The van der Waals surface area contributed by atoms with E-state index >= 15 is 0 Å². The average molecular weight is 463 g/mol. The summed E-state index contributed by atoms with van der Waals surface area (Å²) < 4.78 is 43.0. The standard InChI is InChI=1S/C22H19ClO7S/c1-12-9-14(24)17(31(26,27)13-7-5-4-6-8-13)11-22(12)21(25)18-15(28-2)10-16(29-3)19(23)20(18)30-22/h4-8,10-12H,9H2,1-3H3/t12-,22-/m1/s1. The number of allylic oxidation sites excluding steroid dienone is 1. The Balaban J connectivity index is 1.93. The molecule has 2 atom stereocenters. The summed E-state index contributed by atoms with van der Waals surface area (Å²) in [5.74, 6) is -1.28. The summed E-state index contributed by atoms with van der Waals surface area (Å²) in [6.45, 7) is 1.65. The zero-order valence-electron chi connectivity index (χ0n) is 17.0. The predicted octanol–water partition coefficient (Wildman–Crippen LogP) is 3.64. The molecular weight excluding hydrogens is 444 g/mol. The van der Waals surface area contributed by atoms with Crippen molar-refractivity contribution in [3.05, 3.63) is 58.0 Å². The SMILES string of the molecule is COc1cc(OC)c2c(c1Cl)O[C@@]1(C=C(S(=O)(=O)c3ccccc3)C(=O)C[C@H]1C)C2=O. The minimum Gasteiger partial charge on any atom is -0.496 e. The average Bonchev–Trinajstić information content (AvgIpc) is 3.06. The zero-order valence-corrected chi connectivity index (χ0v) is 18.5. The van der Waals surface area contributed by atoms with E-state index in [9.17, 15) is 18.0 Å². The number of fused-ring (bicyclic) bond motifs is 1. The lowest BCUT2D eigenvalue weighted by Crippen LogP contribution is -2.49. The van der Waals surface area contributed by atoms with Crippen LogP contribution in [0.3, 0.4) is 0 Å². The molecule has 0 saturated heterocycles. The van der Waals surface area contributed by atoms with Gasteiger partial charge in [-0.2, -0.15) is 0 Å². The number of methoxy groups -OCH3 is 2. The molecule has 4 rings (SSSR count). The van der Waals surface area contributed by atoms with Crippen LogP contribution in [0.25, 0.3) is 0 Å². The third-order valence-electron chi connectivity index (χ3n) is 5.63. The van der Waals surface area contributed by atoms with Crippen molar-refractivity contribution >= 4 is 33.0 Å². The second kappa shape index (κ2) is 7.39. The summed E-state index contributed by atoms with van der Waals surface area (Å²) in [6, 6.07) is 9.04. The largest absolute Gasteiger partial charge is 0.496 e. The van der Waals surface area contributed by atoms with Crippen molar-refractivity contribution in [3.8, 4) is 17.2 Å². The molecule has 0 unspecified atom stereocenters. The highest BCUT2D eigenvalue weighted by Crippen LogP contribution is 2.53. The molecule has 7 nitrogen and oxygen atoms in total. The Morgan fingerprint density at radius 2 is 1.74 bits per heavy atom. The van der Waals surface area contributed by atoms with E-state index in [0.717, 1.165) is 6.08 Å². The lowest BCUT2D eigenvalue weighted by Gasteiger charge is -2.34. The summed E-state index contributed by atoms with van der Waals surface area (Å²) in [5.41, 5.74) is -1.63. The summed E-state index contributed by atoms with van der Waals surface area (Å²) in [6.07, 6.45) is 0.936. The van der Waals surface area contributed by atoms with Crippen molar-refractivity contribution in [1.29, 1.82) is 0 Å². The number of halogens is 1. The van der Waals surface area contributed by atoms with Crippen molar-refractivity contribution in [2.75, 3.05) is 14.2 Å². The summed E-state index contributed by atoms with van der Waals surface area (Å²) >= 11 is 6.39. The van der Waals surface area contributed by atoms with Crippen LogP contribution in [0.15, 0.2) is 52.3 Å². The molecule has 0 amide bonds. The van der Waals surface area contributed by atoms with Gasteiger partial charge < -0.3 is 14.2 Å². The van der Waals surface area contributed by atoms with Crippen molar-refractivity contribution in [2.45, 2.75) is 23.8 Å². The molecule has 0 bridgehead atoms. The van der Waals surface area contributed by atoms with Crippen LogP contribution in [0, 0.1) is 5.92 Å². The number of hydrogen-bond donors (Lipinski definition) is 0. The Morgan fingerprint density at radius 3 is 2.35 bits per heavy atom. The molecule has 2 aliphatic rings. The Bertz CT molecular complexity index is 1230. The van der Waals surface area contributed by atoms with Gasteiger partial charge in [-0.05, 0) is 18.2 Å². The van der Waals surface area contributed by atoms with Gasteiger partial charge in [0.25, 0.3) is 0 Å². The van der Waals surface area contributed by atoms with Gasteiger partial charge in [0.05, 0.1) is 19.1 Å². The van der Waals surface area contributed by atoms with Crippen LogP contribution < -0.4 is 14.2 Å². The van der Waals surface area contributed by atoms with Crippen LogP contribution in [0.2, 0.25) is 5.02 Å². The topological polar surface area (TPSA) is 96.0 Å². The van der Waals surface area contributed by atoms with Gasteiger partial charge in [-0.3, -0.25) is 9.59 Å². The van der Waals surface area contributed by atoms with Crippen molar-refractivity contribution in [2.24, 2.45) is 5.92 Å². The first kappa shape index (κ1) is 21.4. The van der Waals surface area contributed by atoms with Crippen LogP contribution in [-0.4, -0.2) is 39.8 Å². The molecule has 1 aliphatic carbocycles. The fourth-order valence-corrected chi connectivity index (χ4v) is 5.69. The van der Waals surface area contributed by atoms with Crippen molar-refractivity contribution in [3.63, 3.8) is 0 Å². The molecule has 0 saturated carbocycles. The number of ether oxygens (including phenoxy) is 3. The second-order valence-corrected chi connectivity index (χ2v) is 9.67. The number of carbonyl (C=O) groups excluding carboxylic acids is 2. The van der Waals surface area contributed by atoms with Gasteiger partial charge >= 0.3 is 0 Å². The molecule has 0 fully saturated rings.